The Morgan fingerprint density at radius 1 is 0.962 bits per heavy atom. The highest BCUT2D eigenvalue weighted by Crippen LogP contribution is 2.26. The molecule has 0 fully saturated rings. The summed E-state index contributed by atoms with van der Waals surface area (Å²) in [5, 5.41) is 0. The Balaban J connectivity index is 2.09. The molecule has 0 atom stereocenters. The van der Waals surface area contributed by atoms with Gasteiger partial charge >= 0.3 is 11.1 Å². The normalized spacial score (nSPS) is 11.5. The molecule has 0 unspecified atom stereocenters. The summed E-state index contributed by atoms with van der Waals surface area (Å²) in [4.78, 5) is 32.9. The van der Waals surface area contributed by atoms with Gasteiger partial charge in [0.1, 0.15) is 5.82 Å². The number of aromatic nitrogens is 4. The second-order valence-electron chi connectivity index (χ2n) is 6.36. The van der Waals surface area contributed by atoms with Gasteiger partial charge in [-0.25, -0.2) is 4.98 Å². The van der Waals surface area contributed by atoms with E-state index in [-0.39, 0.29) is 0 Å². The number of fused-ring (bicyclic) bond motifs is 2. The molecule has 0 aliphatic carbocycles. The molecule has 0 amide bonds. The van der Waals surface area contributed by atoms with Crippen molar-refractivity contribution >= 4 is 22.1 Å². The maximum absolute atomic E-state index is 12.4. The van der Waals surface area contributed by atoms with E-state index in [1.54, 1.807) is 0 Å². The number of nitrogens with one attached hydrogen (secondary N) is 1. The maximum Gasteiger partial charge on any atom is 0.316 e. The summed E-state index contributed by atoms with van der Waals surface area (Å²) in [5.74, 6) is 0.782. The molecule has 0 saturated carbocycles. The Bertz CT molecular complexity index is 1190. The zero-order valence-corrected chi connectivity index (χ0v) is 15.0. The van der Waals surface area contributed by atoms with Crippen LogP contribution in [0.2, 0.25) is 0 Å². The van der Waals surface area contributed by atoms with Crippen molar-refractivity contribution in [1.82, 2.24) is 19.1 Å². The van der Waals surface area contributed by atoms with Crippen LogP contribution in [-0.4, -0.2) is 19.1 Å². The van der Waals surface area contributed by atoms with Gasteiger partial charge in [0.2, 0.25) is 0 Å². The van der Waals surface area contributed by atoms with E-state index in [0.29, 0.717) is 13.1 Å². The first-order chi connectivity index (χ1) is 12.5. The molecule has 4 rings (SSSR count). The van der Waals surface area contributed by atoms with E-state index < -0.39 is 11.1 Å². The summed E-state index contributed by atoms with van der Waals surface area (Å²) in [6.07, 6.45) is 0. The first-order valence-electron chi connectivity index (χ1n) is 8.78. The fraction of sp³-hybridized carbons (Fsp3) is 0.250. The highest BCUT2D eigenvalue weighted by Gasteiger charge is 2.15. The number of rotatable bonds is 3. The molecule has 132 valence electrons. The van der Waals surface area contributed by atoms with Crippen LogP contribution in [0.4, 0.5) is 0 Å². The van der Waals surface area contributed by atoms with Crippen molar-refractivity contribution in [2.45, 2.75) is 33.9 Å². The number of imidazole rings is 1. The topological polar surface area (TPSA) is 72.7 Å². The zero-order valence-electron chi connectivity index (χ0n) is 15.0. The molecule has 0 radical (unpaired) electrons. The monoisotopic (exact) mass is 348 g/mol. The average molecular weight is 348 g/mol. The molecule has 0 bridgehead atoms. The van der Waals surface area contributed by atoms with Crippen molar-refractivity contribution in [1.29, 1.82) is 0 Å². The van der Waals surface area contributed by atoms with E-state index >= 15 is 0 Å². The molecule has 6 heteroatoms. The van der Waals surface area contributed by atoms with Crippen molar-refractivity contribution < 1.29 is 0 Å². The van der Waals surface area contributed by atoms with E-state index in [1.807, 2.05) is 57.2 Å². The maximum atomic E-state index is 12.4. The predicted octanol–water partition coefficient (Wildman–Crippen LogP) is 3.05. The van der Waals surface area contributed by atoms with Gasteiger partial charge in [-0.3, -0.25) is 9.59 Å². The highest BCUT2D eigenvalue weighted by molar-refractivity contribution is 5.93. The molecule has 2 aromatic carbocycles. The van der Waals surface area contributed by atoms with Gasteiger partial charge in [0.05, 0.1) is 22.1 Å². The van der Waals surface area contributed by atoms with Gasteiger partial charge in [0.15, 0.2) is 0 Å². The molecule has 0 spiro atoms. The van der Waals surface area contributed by atoms with Crippen LogP contribution in [0, 0.1) is 6.92 Å². The third kappa shape index (κ3) is 2.29. The van der Waals surface area contributed by atoms with Crippen LogP contribution in [0.15, 0.2) is 46.0 Å². The number of H-pyrrole nitrogens is 1. The second kappa shape index (κ2) is 5.98. The van der Waals surface area contributed by atoms with E-state index in [4.69, 9.17) is 4.98 Å². The standard InChI is InChI=1S/C20H20N4O2/c1-4-23-16-10-14-15(11-17(16)24(5-2)20(26)19(23)25)22-18(21-14)13-9-7-6-8-12(13)3/h6-11H,4-5H2,1-3H3,(H,21,22). The van der Waals surface area contributed by atoms with Gasteiger partial charge in [0, 0.05) is 18.7 Å². The van der Waals surface area contributed by atoms with Crippen molar-refractivity contribution in [3.63, 3.8) is 0 Å². The molecule has 26 heavy (non-hydrogen) atoms. The van der Waals surface area contributed by atoms with Crippen LogP contribution in [0.5, 0.6) is 0 Å². The van der Waals surface area contributed by atoms with Crippen molar-refractivity contribution in [2.24, 2.45) is 0 Å². The SMILES string of the molecule is CCn1c(=O)c(=O)n(CC)c2cc3[nH]c(-c4ccccc4C)nc3cc21. The number of benzene rings is 2. The van der Waals surface area contributed by atoms with E-state index in [1.165, 1.54) is 9.13 Å². The summed E-state index contributed by atoms with van der Waals surface area (Å²) in [6.45, 7) is 6.66. The summed E-state index contributed by atoms with van der Waals surface area (Å²) < 4.78 is 3.04. The molecule has 4 aromatic rings. The molecule has 0 aliphatic heterocycles. The van der Waals surface area contributed by atoms with Gasteiger partial charge in [-0.1, -0.05) is 24.3 Å². The summed E-state index contributed by atoms with van der Waals surface area (Å²) in [7, 11) is 0. The third-order valence-corrected chi connectivity index (χ3v) is 4.87. The average Bonchev–Trinajstić information content (AvgIpc) is 3.05. The molecule has 2 aromatic heterocycles. The fourth-order valence-electron chi connectivity index (χ4n) is 3.51. The van der Waals surface area contributed by atoms with Crippen LogP contribution >= 0.6 is 0 Å². The number of aryl methyl sites for hydroxylation is 3. The lowest BCUT2D eigenvalue weighted by molar-refractivity contribution is 0.683. The highest BCUT2D eigenvalue weighted by atomic mass is 16.2. The molecular formula is C20H20N4O2. The van der Waals surface area contributed by atoms with Gasteiger partial charge in [0.25, 0.3) is 0 Å². The summed E-state index contributed by atoms with van der Waals surface area (Å²) in [5.41, 5.74) is 4.29. The molecule has 1 N–H and O–H groups in total. The molecule has 6 nitrogen and oxygen atoms in total. The van der Waals surface area contributed by atoms with Crippen LogP contribution in [0.25, 0.3) is 33.5 Å². The molecule has 0 aliphatic rings. The number of aromatic amines is 1. The minimum absolute atomic E-state index is 0.440. The second-order valence-corrected chi connectivity index (χ2v) is 6.36. The van der Waals surface area contributed by atoms with E-state index in [2.05, 4.69) is 4.98 Å². The minimum Gasteiger partial charge on any atom is -0.338 e. The lowest BCUT2D eigenvalue weighted by atomic mass is 10.1. The van der Waals surface area contributed by atoms with Crippen LogP contribution in [0.1, 0.15) is 19.4 Å². The largest absolute Gasteiger partial charge is 0.338 e. The Hall–Kier alpha value is -3.15. The minimum atomic E-state index is -0.490. The molecule has 0 saturated heterocycles. The fourth-order valence-corrected chi connectivity index (χ4v) is 3.51. The van der Waals surface area contributed by atoms with Gasteiger partial charge in [-0.2, -0.15) is 0 Å². The molecular weight excluding hydrogens is 328 g/mol. The third-order valence-electron chi connectivity index (χ3n) is 4.87. The predicted molar refractivity (Wildman–Crippen MR) is 104 cm³/mol. The smallest absolute Gasteiger partial charge is 0.316 e. The zero-order chi connectivity index (χ0) is 18.4. The van der Waals surface area contributed by atoms with Crippen molar-refractivity contribution in [2.75, 3.05) is 0 Å². The summed E-state index contributed by atoms with van der Waals surface area (Å²) >= 11 is 0. The lowest BCUT2D eigenvalue weighted by Gasteiger charge is -2.12. The number of hydrogen-bond donors (Lipinski definition) is 1. The number of nitrogens with zero attached hydrogens (tertiary/aromatic N) is 3. The van der Waals surface area contributed by atoms with Crippen LogP contribution < -0.4 is 11.1 Å². The number of hydrogen-bond acceptors (Lipinski definition) is 3. The van der Waals surface area contributed by atoms with Crippen molar-refractivity contribution in [3.05, 3.63) is 62.7 Å². The Morgan fingerprint density at radius 2 is 1.58 bits per heavy atom. The first kappa shape index (κ1) is 16.3. The van der Waals surface area contributed by atoms with Crippen LogP contribution in [0.3, 0.4) is 0 Å². The lowest BCUT2D eigenvalue weighted by Crippen LogP contribution is -2.41. The van der Waals surface area contributed by atoms with Gasteiger partial charge in [-0.15, -0.1) is 0 Å². The summed E-state index contributed by atoms with van der Waals surface area (Å²) in [6, 6.07) is 11.8. The Kier molecular flexibility index (Phi) is 3.76. The molecule has 2 heterocycles. The van der Waals surface area contributed by atoms with Crippen molar-refractivity contribution in [3.8, 4) is 11.4 Å². The first-order valence-corrected chi connectivity index (χ1v) is 8.78. The Morgan fingerprint density at radius 3 is 2.19 bits per heavy atom. The van der Waals surface area contributed by atoms with E-state index in [9.17, 15) is 9.59 Å². The quantitative estimate of drug-likeness (QED) is 0.578. The Labute approximate surface area is 149 Å². The van der Waals surface area contributed by atoms with Crippen LogP contribution in [-0.2, 0) is 13.1 Å². The van der Waals surface area contributed by atoms with Gasteiger partial charge in [-0.05, 0) is 38.5 Å². The van der Waals surface area contributed by atoms with Gasteiger partial charge < -0.3 is 14.1 Å². The van der Waals surface area contributed by atoms with E-state index in [0.717, 1.165) is 39.0 Å².